The zero-order chi connectivity index (χ0) is 7.33. The molecule has 0 rings (SSSR count). The summed E-state index contributed by atoms with van der Waals surface area (Å²) < 4.78 is 9.60. The van der Waals surface area contributed by atoms with E-state index in [0.29, 0.717) is 6.47 Å². The smallest absolute Gasteiger partial charge is 0.369 e. The zero-order valence-corrected chi connectivity index (χ0v) is 7.42. The molecule has 3 nitrogen and oxygen atoms in total. The summed E-state index contributed by atoms with van der Waals surface area (Å²) in [7, 11) is -1.06. The molecule has 0 aliphatic rings. The molecule has 9 heavy (non-hydrogen) atoms. The van der Waals surface area contributed by atoms with Crippen molar-refractivity contribution in [1.82, 2.24) is 0 Å². The van der Waals surface area contributed by atoms with E-state index >= 15 is 0 Å². The van der Waals surface area contributed by atoms with E-state index < -0.39 is 10.0 Å². The second-order valence-corrected chi connectivity index (χ2v) is 3.50. The number of rotatable bonds is 3. The molecule has 0 spiro atoms. The van der Waals surface area contributed by atoms with Crippen molar-refractivity contribution < 1.29 is 13.6 Å². The third-order valence-electron chi connectivity index (χ3n) is 0.628. The fraction of sp³-hybridized carbons (Fsp3) is 0.800. The molecule has 0 aromatic carbocycles. The Morgan fingerprint density at radius 2 is 2.00 bits per heavy atom. The number of hydrogen-bond donors (Lipinski definition) is 0. The third kappa shape index (κ3) is 7.65. The maximum Gasteiger partial charge on any atom is 0.369 e. The maximum absolute atomic E-state index is 9.62. The minimum Gasteiger partial charge on any atom is -0.501 e. The van der Waals surface area contributed by atoms with Gasteiger partial charge in [-0.05, 0) is 20.8 Å². The summed E-state index contributed by atoms with van der Waals surface area (Å²) in [6, 6.07) is 0. The largest absolute Gasteiger partial charge is 0.501 e. The molecule has 0 unspecified atom stereocenters. The van der Waals surface area contributed by atoms with E-state index in [1.807, 2.05) is 20.8 Å². The molecule has 0 aromatic rings. The molecule has 0 bridgehead atoms. The van der Waals surface area contributed by atoms with E-state index in [4.69, 9.17) is 4.43 Å². The van der Waals surface area contributed by atoms with Crippen LogP contribution in [0, 0.1) is 0 Å². The van der Waals surface area contributed by atoms with Crippen LogP contribution in [0.4, 0.5) is 0 Å². The van der Waals surface area contributed by atoms with Crippen LogP contribution in [-0.4, -0.2) is 22.1 Å². The molecule has 54 valence electrons. The van der Waals surface area contributed by atoms with Crippen molar-refractivity contribution >= 4 is 16.5 Å². The first-order valence-electron chi connectivity index (χ1n) is 2.75. The normalized spacial score (nSPS) is 12.3. The molecular weight excluding hydrogens is 136 g/mol. The Morgan fingerprint density at radius 3 is 2.33 bits per heavy atom. The molecule has 0 amide bonds. The SMILES string of the molecule is CC(C)(C)O[SiH2]OC=O. The first-order chi connectivity index (χ1) is 4.06. The first-order valence-corrected chi connectivity index (χ1v) is 3.91. The number of hydrogen-bond acceptors (Lipinski definition) is 3. The van der Waals surface area contributed by atoms with Crippen LogP contribution in [0.25, 0.3) is 0 Å². The van der Waals surface area contributed by atoms with E-state index in [-0.39, 0.29) is 5.60 Å². The molecule has 0 saturated heterocycles. The summed E-state index contributed by atoms with van der Waals surface area (Å²) in [6.45, 7) is 6.20. The molecule has 0 aliphatic carbocycles. The average Bonchev–Trinajstić information content (AvgIpc) is 1.63. The molecular formula is C5H12O3Si. The zero-order valence-electron chi connectivity index (χ0n) is 6.01. The van der Waals surface area contributed by atoms with Gasteiger partial charge >= 0.3 is 10.0 Å². The van der Waals surface area contributed by atoms with Gasteiger partial charge in [-0.15, -0.1) is 0 Å². The summed E-state index contributed by atoms with van der Waals surface area (Å²) in [4.78, 5) is 9.62. The Bertz CT molecular complexity index is 86.7. The van der Waals surface area contributed by atoms with Gasteiger partial charge in [0.05, 0.1) is 5.60 Å². The topological polar surface area (TPSA) is 35.5 Å². The summed E-state index contributed by atoms with van der Waals surface area (Å²) in [5, 5.41) is 0. The fourth-order valence-corrected chi connectivity index (χ4v) is 0.716. The lowest BCUT2D eigenvalue weighted by Gasteiger charge is -2.18. The molecule has 4 heteroatoms. The predicted octanol–water partition coefficient (Wildman–Crippen LogP) is -0.0267. The van der Waals surface area contributed by atoms with Crippen molar-refractivity contribution in [2.45, 2.75) is 26.4 Å². The summed E-state index contributed by atoms with van der Waals surface area (Å²) >= 11 is 0. The Balaban J connectivity index is 3.17. The maximum atomic E-state index is 9.62. The predicted molar refractivity (Wildman–Crippen MR) is 36.5 cm³/mol. The molecule has 0 heterocycles. The molecule has 0 aromatic heterocycles. The van der Waals surface area contributed by atoms with Crippen molar-refractivity contribution in [3.8, 4) is 0 Å². The van der Waals surface area contributed by atoms with Gasteiger partial charge in [0.1, 0.15) is 0 Å². The van der Waals surface area contributed by atoms with Crippen LogP contribution in [0.3, 0.4) is 0 Å². The quantitative estimate of drug-likeness (QED) is 0.320. The highest BCUT2D eigenvalue weighted by Gasteiger charge is 2.08. The highest BCUT2D eigenvalue weighted by atomic mass is 28.3. The average molecular weight is 148 g/mol. The fourth-order valence-electron chi connectivity index (χ4n) is 0.239. The van der Waals surface area contributed by atoms with Gasteiger partial charge in [0.2, 0.25) is 0 Å². The van der Waals surface area contributed by atoms with Crippen molar-refractivity contribution in [1.29, 1.82) is 0 Å². The van der Waals surface area contributed by atoms with Crippen molar-refractivity contribution in [2.75, 3.05) is 0 Å². The number of carbonyl (C=O) groups is 1. The van der Waals surface area contributed by atoms with Gasteiger partial charge in [-0.2, -0.15) is 0 Å². The molecule has 0 N–H and O–H groups in total. The van der Waals surface area contributed by atoms with Gasteiger partial charge in [-0.1, -0.05) is 0 Å². The van der Waals surface area contributed by atoms with Crippen LogP contribution in [0.15, 0.2) is 0 Å². The van der Waals surface area contributed by atoms with Crippen LogP contribution in [0.5, 0.6) is 0 Å². The molecule has 0 aliphatic heterocycles. The second-order valence-electron chi connectivity index (χ2n) is 2.64. The van der Waals surface area contributed by atoms with Crippen LogP contribution >= 0.6 is 0 Å². The Kier molecular flexibility index (Phi) is 3.49. The molecule has 0 radical (unpaired) electrons. The standard InChI is InChI=1S/C5H12O3Si/c1-5(2,3)8-9-7-4-6/h4H,9H2,1-3H3. The van der Waals surface area contributed by atoms with E-state index in [9.17, 15) is 4.79 Å². The van der Waals surface area contributed by atoms with Crippen LogP contribution < -0.4 is 0 Å². The minimum atomic E-state index is -1.06. The highest BCUT2D eigenvalue weighted by molar-refractivity contribution is 6.20. The van der Waals surface area contributed by atoms with E-state index in [0.717, 1.165) is 0 Å². The van der Waals surface area contributed by atoms with Gasteiger partial charge in [0.15, 0.2) is 0 Å². The van der Waals surface area contributed by atoms with E-state index in [1.54, 1.807) is 0 Å². The number of carbonyl (C=O) groups excluding carboxylic acids is 1. The van der Waals surface area contributed by atoms with Crippen molar-refractivity contribution in [3.05, 3.63) is 0 Å². The van der Waals surface area contributed by atoms with Crippen LogP contribution in [0.2, 0.25) is 0 Å². The lowest BCUT2D eigenvalue weighted by molar-refractivity contribution is -0.122. The third-order valence-corrected chi connectivity index (χ3v) is 1.88. The monoisotopic (exact) mass is 148 g/mol. The second kappa shape index (κ2) is 3.63. The van der Waals surface area contributed by atoms with Crippen molar-refractivity contribution in [3.63, 3.8) is 0 Å². The lowest BCUT2D eigenvalue weighted by atomic mass is 10.2. The van der Waals surface area contributed by atoms with Gasteiger partial charge in [0, 0.05) is 0 Å². The summed E-state index contributed by atoms with van der Waals surface area (Å²) in [5.74, 6) is 0. The van der Waals surface area contributed by atoms with Gasteiger partial charge in [-0.25, -0.2) is 0 Å². The highest BCUT2D eigenvalue weighted by Crippen LogP contribution is 2.04. The summed E-state index contributed by atoms with van der Waals surface area (Å²) in [6.07, 6.45) is 0. The van der Waals surface area contributed by atoms with Crippen molar-refractivity contribution in [2.24, 2.45) is 0 Å². The Hall–Kier alpha value is -0.353. The van der Waals surface area contributed by atoms with Gasteiger partial charge in [0.25, 0.3) is 6.47 Å². The Morgan fingerprint density at radius 1 is 1.44 bits per heavy atom. The van der Waals surface area contributed by atoms with E-state index in [2.05, 4.69) is 4.43 Å². The minimum absolute atomic E-state index is 0.171. The van der Waals surface area contributed by atoms with Gasteiger partial charge < -0.3 is 8.85 Å². The Labute approximate surface area is 57.4 Å². The molecule has 0 saturated carbocycles. The first kappa shape index (κ1) is 8.65. The van der Waals surface area contributed by atoms with Crippen LogP contribution in [-0.2, 0) is 13.6 Å². The van der Waals surface area contributed by atoms with Gasteiger partial charge in [-0.3, -0.25) is 4.79 Å². The molecule has 0 atom stereocenters. The van der Waals surface area contributed by atoms with Crippen LogP contribution in [0.1, 0.15) is 20.8 Å². The summed E-state index contributed by atoms with van der Waals surface area (Å²) in [5.41, 5.74) is -0.171. The lowest BCUT2D eigenvalue weighted by Crippen LogP contribution is -2.22. The molecule has 0 fully saturated rings. The van der Waals surface area contributed by atoms with E-state index in [1.165, 1.54) is 0 Å².